The van der Waals surface area contributed by atoms with Crippen molar-refractivity contribution < 1.29 is 30.0 Å². The van der Waals surface area contributed by atoms with Crippen molar-refractivity contribution in [1.82, 2.24) is 0 Å². The monoisotopic (exact) mass is 462 g/mol. The van der Waals surface area contributed by atoms with Gasteiger partial charge in [0.2, 0.25) is 0 Å². The van der Waals surface area contributed by atoms with Crippen molar-refractivity contribution in [2.45, 2.75) is 134 Å². The molecule has 0 saturated carbocycles. The Kier molecular flexibility index (Phi) is 20.0. The second-order valence-electron chi connectivity index (χ2n) is 10.4. The van der Waals surface area contributed by atoms with Gasteiger partial charge in [-0.05, 0) is 12.8 Å². The van der Waals surface area contributed by atoms with Crippen molar-refractivity contribution in [3.8, 4) is 0 Å². The van der Waals surface area contributed by atoms with E-state index < -0.39 is 31.0 Å². The number of aliphatic hydroxyl groups is 5. The topological polar surface area (TPSA) is 101 Å². The van der Waals surface area contributed by atoms with Gasteiger partial charge >= 0.3 is 0 Å². The van der Waals surface area contributed by atoms with Crippen molar-refractivity contribution in [2.75, 3.05) is 33.8 Å². The summed E-state index contributed by atoms with van der Waals surface area (Å²) in [7, 11) is 3.99. The predicted molar refractivity (Wildman–Crippen MR) is 133 cm³/mol. The minimum Gasteiger partial charge on any atom is -0.394 e. The first kappa shape index (κ1) is 31.8. The lowest BCUT2D eigenvalue weighted by atomic mass is 10.0. The molecule has 0 aromatic carbocycles. The maximum Gasteiger partial charge on any atom is 0.131 e. The fourth-order valence-corrected chi connectivity index (χ4v) is 4.36. The highest BCUT2D eigenvalue weighted by Crippen LogP contribution is 2.15. The summed E-state index contributed by atoms with van der Waals surface area (Å²) in [6.45, 7) is 2.80. The highest BCUT2D eigenvalue weighted by molar-refractivity contribution is 4.80. The van der Waals surface area contributed by atoms with E-state index in [0.29, 0.717) is 4.48 Å². The molecule has 6 heteroatoms. The first-order chi connectivity index (χ1) is 15.2. The van der Waals surface area contributed by atoms with Crippen LogP contribution in [0.5, 0.6) is 0 Å². The first-order valence-electron chi connectivity index (χ1n) is 13.4. The van der Waals surface area contributed by atoms with Crippen LogP contribution >= 0.6 is 0 Å². The van der Waals surface area contributed by atoms with Gasteiger partial charge in [0.25, 0.3) is 0 Å². The number of hydrogen-bond donors (Lipinski definition) is 5. The molecule has 32 heavy (non-hydrogen) atoms. The van der Waals surface area contributed by atoms with Crippen LogP contribution in [0.15, 0.2) is 0 Å². The summed E-state index contributed by atoms with van der Waals surface area (Å²) in [6, 6.07) is 0. The molecule has 0 aliphatic rings. The predicted octanol–water partition coefficient (Wildman–Crippen LogP) is 3.76. The number of hydrogen-bond acceptors (Lipinski definition) is 5. The van der Waals surface area contributed by atoms with Crippen molar-refractivity contribution in [3.05, 3.63) is 0 Å². The Bertz CT molecular complexity index is 408. The van der Waals surface area contributed by atoms with E-state index in [0.717, 1.165) is 13.0 Å². The molecule has 0 unspecified atom stereocenters. The lowest BCUT2D eigenvalue weighted by Crippen LogP contribution is -2.54. The fourth-order valence-electron chi connectivity index (χ4n) is 4.36. The van der Waals surface area contributed by atoms with Gasteiger partial charge < -0.3 is 30.0 Å². The van der Waals surface area contributed by atoms with Crippen molar-refractivity contribution >= 4 is 0 Å². The van der Waals surface area contributed by atoms with Gasteiger partial charge in [-0.1, -0.05) is 96.8 Å². The zero-order valence-electron chi connectivity index (χ0n) is 21.4. The quantitative estimate of drug-likeness (QED) is 0.118. The molecular weight excluding hydrogens is 406 g/mol. The number of aliphatic hydroxyl groups excluding tert-OH is 5. The van der Waals surface area contributed by atoms with Gasteiger partial charge in [0, 0.05) is 0 Å². The average Bonchev–Trinajstić information content (AvgIpc) is 2.76. The average molecular weight is 463 g/mol. The molecule has 0 aromatic rings. The third kappa shape index (κ3) is 17.3. The standard InChI is InChI=1S/C26H56NO5/c1-4-5-6-7-8-9-10-11-12-13-14-15-16-17-18-19-20-27(2,3)21-23(29)25(31)26(32)24(30)22-28/h23-26,28-32H,4-22H2,1-3H3/q+1/t23-,24-,25-,26+/m0/s1. The molecule has 0 aliphatic heterocycles. The Morgan fingerprint density at radius 2 is 0.875 bits per heavy atom. The van der Waals surface area contributed by atoms with Gasteiger partial charge in [0.15, 0.2) is 0 Å². The van der Waals surface area contributed by atoms with Gasteiger partial charge in [-0.3, -0.25) is 0 Å². The smallest absolute Gasteiger partial charge is 0.131 e. The number of likely N-dealkylation sites (N-methyl/N-ethyl adjacent to an activating group) is 1. The van der Waals surface area contributed by atoms with Crippen molar-refractivity contribution in [3.63, 3.8) is 0 Å². The van der Waals surface area contributed by atoms with Gasteiger partial charge in [0.1, 0.15) is 31.0 Å². The summed E-state index contributed by atoms with van der Waals surface area (Å²) in [6.07, 6.45) is 15.8. The molecule has 194 valence electrons. The summed E-state index contributed by atoms with van der Waals surface area (Å²) < 4.78 is 0.540. The molecule has 0 fully saturated rings. The highest BCUT2D eigenvalue weighted by Gasteiger charge is 2.33. The van der Waals surface area contributed by atoms with E-state index in [4.69, 9.17) is 5.11 Å². The second kappa shape index (κ2) is 20.2. The molecule has 0 bridgehead atoms. The highest BCUT2D eigenvalue weighted by atomic mass is 16.4. The summed E-state index contributed by atoms with van der Waals surface area (Å²) in [4.78, 5) is 0. The van der Waals surface area contributed by atoms with Crippen LogP contribution in [0.1, 0.15) is 110 Å². The number of rotatable bonds is 23. The number of unbranched alkanes of at least 4 members (excludes halogenated alkanes) is 15. The van der Waals surface area contributed by atoms with Gasteiger partial charge in [0.05, 0.1) is 27.2 Å². The first-order valence-corrected chi connectivity index (χ1v) is 13.4. The van der Waals surface area contributed by atoms with E-state index >= 15 is 0 Å². The minimum absolute atomic E-state index is 0.287. The van der Waals surface area contributed by atoms with Crippen LogP contribution < -0.4 is 0 Å². The molecule has 6 nitrogen and oxygen atoms in total. The maximum atomic E-state index is 10.2. The Hall–Kier alpha value is -0.240. The number of quaternary nitrogens is 1. The van der Waals surface area contributed by atoms with Gasteiger partial charge in [-0.2, -0.15) is 0 Å². The molecule has 0 aromatic heterocycles. The summed E-state index contributed by atoms with van der Waals surface area (Å²) in [5.41, 5.74) is 0. The molecule has 4 atom stereocenters. The Labute approximate surface area is 198 Å². The normalized spacial score (nSPS) is 16.1. The van der Waals surface area contributed by atoms with Crippen LogP contribution in [0.2, 0.25) is 0 Å². The minimum atomic E-state index is -1.55. The summed E-state index contributed by atoms with van der Waals surface area (Å²) in [5.74, 6) is 0. The molecular formula is C26H56NO5+. The van der Waals surface area contributed by atoms with Crippen molar-refractivity contribution in [2.24, 2.45) is 0 Å². The molecule has 0 rings (SSSR count). The molecule has 0 heterocycles. The molecule has 0 radical (unpaired) electrons. The molecule has 0 saturated heterocycles. The van der Waals surface area contributed by atoms with E-state index in [1.54, 1.807) is 0 Å². The molecule has 0 aliphatic carbocycles. The Balaban J connectivity index is 3.61. The molecule has 0 spiro atoms. The van der Waals surface area contributed by atoms with Crippen LogP contribution in [0.4, 0.5) is 0 Å². The summed E-state index contributed by atoms with van der Waals surface area (Å²) in [5, 5.41) is 48.2. The number of nitrogens with zero attached hydrogens (tertiary/aromatic N) is 1. The summed E-state index contributed by atoms with van der Waals surface area (Å²) >= 11 is 0. The van der Waals surface area contributed by atoms with Crippen LogP contribution in [0.3, 0.4) is 0 Å². The maximum absolute atomic E-state index is 10.2. The second-order valence-corrected chi connectivity index (χ2v) is 10.4. The van der Waals surface area contributed by atoms with Crippen LogP contribution in [-0.2, 0) is 0 Å². The molecule has 5 N–H and O–H groups in total. The van der Waals surface area contributed by atoms with Crippen LogP contribution in [-0.4, -0.2) is 88.2 Å². The van der Waals surface area contributed by atoms with Crippen molar-refractivity contribution in [1.29, 1.82) is 0 Å². The van der Waals surface area contributed by atoms with E-state index in [2.05, 4.69) is 6.92 Å². The SMILES string of the molecule is CCCCCCCCCCCCCCCCCC[N+](C)(C)C[C@H](O)[C@H](O)[C@H](O)[C@@H](O)CO. The van der Waals surface area contributed by atoms with Crippen LogP contribution in [0.25, 0.3) is 0 Å². The third-order valence-electron chi connectivity index (χ3n) is 6.62. The van der Waals surface area contributed by atoms with Crippen LogP contribution in [0, 0.1) is 0 Å². The zero-order valence-corrected chi connectivity index (χ0v) is 21.4. The third-order valence-corrected chi connectivity index (χ3v) is 6.62. The lowest BCUT2D eigenvalue weighted by molar-refractivity contribution is -0.894. The van der Waals surface area contributed by atoms with E-state index in [1.807, 2.05) is 14.1 Å². The van der Waals surface area contributed by atoms with E-state index in [-0.39, 0.29) is 6.54 Å². The van der Waals surface area contributed by atoms with E-state index in [9.17, 15) is 20.4 Å². The molecule has 0 amide bonds. The lowest BCUT2D eigenvalue weighted by Gasteiger charge is -2.34. The zero-order chi connectivity index (χ0) is 24.2. The Morgan fingerprint density at radius 1 is 0.531 bits per heavy atom. The van der Waals surface area contributed by atoms with E-state index in [1.165, 1.54) is 96.3 Å². The van der Waals surface area contributed by atoms with Gasteiger partial charge in [-0.15, -0.1) is 0 Å². The Morgan fingerprint density at radius 3 is 1.25 bits per heavy atom. The largest absolute Gasteiger partial charge is 0.394 e. The van der Waals surface area contributed by atoms with Gasteiger partial charge in [-0.25, -0.2) is 0 Å². The fraction of sp³-hybridized carbons (Fsp3) is 1.00.